The number of hydrogen-bond acceptors (Lipinski definition) is 8. The molecule has 2 aromatic heterocycles. The number of aromatic nitrogens is 4. The number of fused-ring (bicyclic) bond motifs is 1. The summed E-state index contributed by atoms with van der Waals surface area (Å²) in [6, 6.07) is 7.77. The summed E-state index contributed by atoms with van der Waals surface area (Å²) in [5.41, 5.74) is 1.72. The lowest BCUT2D eigenvalue weighted by atomic mass is 10.0. The molecule has 0 aliphatic carbocycles. The van der Waals surface area contributed by atoms with Gasteiger partial charge in [-0.15, -0.1) is 0 Å². The second-order valence-corrected chi connectivity index (χ2v) is 13.3. The van der Waals surface area contributed by atoms with Crippen LogP contribution >= 0.6 is 0 Å². The van der Waals surface area contributed by atoms with Gasteiger partial charge in [-0.3, -0.25) is 9.89 Å². The van der Waals surface area contributed by atoms with Crippen molar-refractivity contribution in [3.63, 3.8) is 0 Å². The fourth-order valence-electron chi connectivity index (χ4n) is 5.67. The summed E-state index contributed by atoms with van der Waals surface area (Å²) in [7, 11) is -2.23. The van der Waals surface area contributed by atoms with Gasteiger partial charge in [-0.2, -0.15) is 9.40 Å². The minimum atomic E-state index is -4.31. The molecule has 232 valence electrons. The number of nitrogens with zero attached hydrogens (tertiary/aromatic N) is 5. The predicted octanol–water partition coefficient (Wildman–Crippen LogP) is 3.47. The summed E-state index contributed by atoms with van der Waals surface area (Å²) >= 11 is 0. The molecule has 0 atom stereocenters. The number of carbonyl (C=O) groups is 1. The highest BCUT2D eigenvalue weighted by Gasteiger charge is 2.48. The zero-order chi connectivity index (χ0) is 31.2. The first-order valence-electron chi connectivity index (χ1n) is 14.1. The van der Waals surface area contributed by atoms with Crippen molar-refractivity contribution in [2.75, 3.05) is 48.8 Å². The summed E-state index contributed by atoms with van der Waals surface area (Å²) < 4.78 is 56.0. The quantitative estimate of drug-likeness (QED) is 0.233. The third-order valence-corrected chi connectivity index (χ3v) is 10.2. The van der Waals surface area contributed by atoms with E-state index in [1.54, 1.807) is 32.3 Å². The van der Waals surface area contributed by atoms with Gasteiger partial charge in [-0.25, -0.2) is 22.2 Å². The number of rotatable bonds is 8. The van der Waals surface area contributed by atoms with E-state index in [0.29, 0.717) is 40.9 Å². The van der Waals surface area contributed by atoms with E-state index in [2.05, 4.69) is 47.6 Å². The van der Waals surface area contributed by atoms with Crippen LogP contribution in [0.2, 0.25) is 0 Å². The van der Waals surface area contributed by atoms with Crippen molar-refractivity contribution in [2.45, 2.75) is 37.4 Å². The zero-order valence-corrected chi connectivity index (χ0v) is 25.3. The van der Waals surface area contributed by atoms with Crippen LogP contribution in [0.1, 0.15) is 41.3 Å². The SMILES string of the molecule is CN1CCN(c2ccc(C(=O)Nc3n[nH]c4c3CN(S(=O)(=O)c3cc(F)cc(F)c3)C4(C)C)c(NCc3ncc[nH]3)c2)CC1. The molecule has 2 aliphatic rings. The Morgan fingerprint density at radius 3 is 2.48 bits per heavy atom. The molecule has 44 heavy (non-hydrogen) atoms. The van der Waals surface area contributed by atoms with Crippen molar-refractivity contribution in [3.8, 4) is 0 Å². The van der Waals surface area contributed by atoms with Crippen LogP contribution in [0.15, 0.2) is 53.7 Å². The highest BCUT2D eigenvalue weighted by molar-refractivity contribution is 7.89. The van der Waals surface area contributed by atoms with Gasteiger partial charge in [-0.05, 0) is 51.2 Å². The Kier molecular flexibility index (Phi) is 7.63. The lowest BCUT2D eigenvalue weighted by molar-refractivity contribution is 0.102. The Hall–Kier alpha value is -4.34. The number of imidazole rings is 1. The first kappa shape index (κ1) is 29.7. The normalized spacial score (nSPS) is 17.1. The fraction of sp³-hybridized carbons (Fsp3) is 0.345. The van der Waals surface area contributed by atoms with Gasteiger partial charge in [0.2, 0.25) is 10.0 Å². The van der Waals surface area contributed by atoms with Crippen LogP contribution in [-0.2, 0) is 28.7 Å². The van der Waals surface area contributed by atoms with E-state index in [9.17, 15) is 22.0 Å². The number of carbonyl (C=O) groups excluding carboxylic acids is 1. The Bertz CT molecular complexity index is 1780. The van der Waals surface area contributed by atoms with Crippen molar-refractivity contribution >= 4 is 33.1 Å². The molecule has 12 nitrogen and oxygen atoms in total. The number of halogens is 2. The smallest absolute Gasteiger partial charge is 0.258 e. The van der Waals surface area contributed by atoms with Crippen molar-refractivity contribution < 1.29 is 22.0 Å². The summed E-state index contributed by atoms with van der Waals surface area (Å²) in [6.45, 7) is 7.08. The maximum Gasteiger partial charge on any atom is 0.258 e. The molecule has 0 unspecified atom stereocenters. The minimum absolute atomic E-state index is 0.166. The zero-order valence-electron chi connectivity index (χ0n) is 24.5. The molecule has 1 saturated heterocycles. The van der Waals surface area contributed by atoms with Gasteiger partial charge in [0.05, 0.1) is 28.2 Å². The highest BCUT2D eigenvalue weighted by atomic mass is 32.2. The number of H-pyrrole nitrogens is 2. The van der Waals surface area contributed by atoms with E-state index in [4.69, 9.17) is 0 Å². The molecular weight excluding hydrogens is 592 g/mol. The first-order chi connectivity index (χ1) is 20.9. The summed E-state index contributed by atoms with van der Waals surface area (Å²) in [4.78, 5) is 25.0. The molecular formula is C29H33F2N9O3S. The lowest BCUT2D eigenvalue weighted by Gasteiger charge is -2.34. The maximum atomic E-state index is 13.9. The molecule has 1 fully saturated rings. The number of sulfonamides is 1. The summed E-state index contributed by atoms with van der Waals surface area (Å²) in [6.07, 6.45) is 3.37. The van der Waals surface area contributed by atoms with Gasteiger partial charge in [0, 0.05) is 68.1 Å². The van der Waals surface area contributed by atoms with Gasteiger partial charge >= 0.3 is 0 Å². The molecule has 0 bridgehead atoms. The van der Waals surface area contributed by atoms with Crippen LogP contribution in [0.3, 0.4) is 0 Å². The number of piperazine rings is 1. The number of aromatic amines is 2. The average Bonchev–Trinajstić information content (AvgIpc) is 3.70. The van der Waals surface area contributed by atoms with E-state index < -0.39 is 38.0 Å². The van der Waals surface area contributed by atoms with E-state index in [0.717, 1.165) is 48.3 Å². The fourth-order valence-corrected chi connectivity index (χ4v) is 7.44. The number of nitrogens with one attached hydrogen (secondary N) is 4. The maximum absolute atomic E-state index is 13.9. The Morgan fingerprint density at radius 2 is 1.80 bits per heavy atom. The van der Waals surface area contributed by atoms with Gasteiger partial charge in [0.1, 0.15) is 17.5 Å². The highest BCUT2D eigenvalue weighted by Crippen LogP contribution is 2.44. The Balaban J connectivity index is 1.27. The van der Waals surface area contributed by atoms with Crippen LogP contribution in [0, 0.1) is 11.6 Å². The molecule has 2 aliphatic heterocycles. The number of benzene rings is 2. The number of amides is 1. The molecule has 4 aromatic rings. The Labute approximate surface area is 253 Å². The van der Waals surface area contributed by atoms with Gasteiger partial charge in [-0.1, -0.05) is 0 Å². The molecule has 2 aromatic carbocycles. The molecule has 4 heterocycles. The van der Waals surface area contributed by atoms with Crippen molar-refractivity contribution in [2.24, 2.45) is 0 Å². The second kappa shape index (κ2) is 11.3. The average molecular weight is 626 g/mol. The Morgan fingerprint density at radius 1 is 1.07 bits per heavy atom. The summed E-state index contributed by atoms with van der Waals surface area (Å²) in [5, 5.41) is 13.3. The molecule has 0 saturated carbocycles. The van der Waals surface area contributed by atoms with Crippen LogP contribution in [0.4, 0.5) is 26.0 Å². The largest absolute Gasteiger partial charge is 0.377 e. The number of anilines is 3. The summed E-state index contributed by atoms with van der Waals surface area (Å²) in [5.74, 6) is -1.57. The van der Waals surface area contributed by atoms with Gasteiger partial charge in [0.15, 0.2) is 5.82 Å². The molecule has 15 heteroatoms. The monoisotopic (exact) mass is 625 g/mol. The van der Waals surface area contributed by atoms with Crippen LogP contribution in [0.25, 0.3) is 0 Å². The van der Waals surface area contributed by atoms with Crippen LogP contribution < -0.4 is 15.5 Å². The minimum Gasteiger partial charge on any atom is -0.377 e. The molecule has 0 spiro atoms. The lowest BCUT2D eigenvalue weighted by Crippen LogP contribution is -2.44. The topological polar surface area (TPSA) is 142 Å². The second-order valence-electron chi connectivity index (χ2n) is 11.5. The van der Waals surface area contributed by atoms with Crippen molar-refractivity contribution in [3.05, 3.63) is 83.1 Å². The van der Waals surface area contributed by atoms with E-state index in [-0.39, 0.29) is 12.4 Å². The predicted molar refractivity (Wildman–Crippen MR) is 161 cm³/mol. The van der Waals surface area contributed by atoms with Crippen molar-refractivity contribution in [1.82, 2.24) is 29.4 Å². The number of hydrogen-bond donors (Lipinski definition) is 4. The van der Waals surface area contributed by atoms with E-state index in [1.807, 2.05) is 12.1 Å². The molecule has 0 radical (unpaired) electrons. The van der Waals surface area contributed by atoms with Gasteiger partial charge in [0.25, 0.3) is 5.91 Å². The third-order valence-electron chi connectivity index (χ3n) is 8.18. The first-order valence-corrected chi connectivity index (χ1v) is 15.5. The van der Waals surface area contributed by atoms with E-state index in [1.165, 1.54) is 0 Å². The van der Waals surface area contributed by atoms with Gasteiger partial charge < -0.3 is 25.4 Å². The molecule has 6 rings (SSSR count). The third kappa shape index (κ3) is 5.53. The van der Waals surface area contributed by atoms with Crippen molar-refractivity contribution in [1.29, 1.82) is 0 Å². The van der Waals surface area contributed by atoms with Crippen LogP contribution in [-0.4, -0.2) is 76.9 Å². The van der Waals surface area contributed by atoms with Crippen LogP contribution in [0.5, 0.6) is 0 Å². The number of likely N-dealkylation sites (N-methyl/N-ethyl adjacent to an activating group) is 1. The standard InChI is InChI=1S/C29H33F2N9O3S/c1-29(2)26-23(17-40(29)44(42,43)21-13-18(30)12-19(31)14-21)27(37-36-26)35-28(41)22-5-4-20(39-10-8-38(3)9-11-39)15-24(22)34-16-25-32-6-7-33-25/h4-7,12-15,34H,8-11,16-17H2,1-3H3,(H,32,33)(H2,35,36,37,41). The molecule has 1 amide bonds. The molecule has 4 N–H and O–H groups in total. The van der Waals surface area contributed by atoms with E-state index >= 15 is 0 Å².